The summed E-state index contributed by atoms with van der Waals surface area (Å²) in [4.78, 5) is 24.5. The lowest BCUT2D eigenvalue weighted by Gasteiger charge is -2.59. The molecule has 25 heavy (non-hydrogen) atoms. The average Bonchev–Trinajstić information content (AvgIpc) is 2.73. The summed E-state index contributed by atoms with van der Waals surface area (Å²) < 4.78 is 0. The number of ketones is 2. The van der Waals surface area contributed by atoms with Gasteiger partial charge in [0.2, 0.25) is 0 Å². The Morgan fingerprint density at radius 3 is 2.52 bits per heavy atom. The van der Waals surface area contributed by atoms with Gasteiger partial charge in [0, 0.05) is 23.3 Å². The second kappa shape index (κ2) is 5.37. The summed E-state index contributed by atoms with van der Waals surface area (Å²) in [5, 5.41) is 21.9. The molecule has 0 spiro atoms. The zero-order valence-corrected chi connectivity index (χ0v) is 15.3. The van der Waals surface area contributed by atoms with Crippen molar-refractivity contribution in [3.63, 3.8) is 0 Å². The molecule has 0 unspecified atom stereocenters. The fourth-order valence-corrected chi connectivity index (χ4v) is 6.92. The molecular weight excluding hydrogens is 316 g/mol. The number of hydrogen-bond donors (Lipinski definition) is 2. The van der Waals surface area contributed by atoms with Crippen molar-refractivity contribution >= 4 is 11.6 Å². The molecular formula is C21H28O4. The maximum absolute atomic E-state index is 12.6. The summed E-state index contributed by atoms with van der Waals surface area (Å²) >= 11 is 0. The smallest absolute Gasteiger partial charge is 0.187 e. The maximum atomic E-state index is 12.6. The first-order chi connectivity index (χ1) is 11.7. The van der Waals surface area contributed by atoms with Crippen LogP contribution in [0.15, 0.2) is 23.3 Å². The minimum atomic E-state index is -0.962. The van der Waals surface area contributed by atoms with Crippen molar-refractivity contribution in [3.8, 4) is 0 Å². The molecule has 0 aromatic heterocycles. The highest BCUT2D eigenvalue weighted by Gasteiger charge is 2.65. The Bertz CT molecular complexity index is 705. The Kier molecular flexibility index (Phi) is 3.69. The summed E-state index contributed by atoms with van der Waals surface area (Å²) in [5.74, 6) is 0.0231. The molecule has 4 nitrogen and oxygen atoms in total. The third-order valence-corrected chi connectivity index (χ3v) is 7.93. The molecule has 0 aromatic rings. The molecule has 4 aliphatic carbocycles. The van der Waals surface area contributed by atoms with E-state index in [0.29, 0.717) is 18.4 Å². The number of allylic oxidation sites excluding steroid dienone is 2. The van der Waals surface area contributed by atoms with Crippen LogP contribution >= 0.6 is 0 Å². The number of rotatable bonds is 0. The number of carbonyl (C=O) groups excluding carboxylic acids is 2. The van der Waals surface area contributed by atoms with Crippen LogP contribution in [-0.4, -0.2) is 34.0 Å². The van der Waals surface area contributed by atoms with Crippen molar-refractivity contribution < 1.29 is 19.8 Å². The summed E-state index contributed by atoms with van der Waals surface area (Å²) in [7, 11) is 0. The lowest BCUT2D eigenvalue weighted by atomic mass is 9.46. The highest BCUT2D eigenvalue weighted by molar-refractivity contribution is 6.03. The predicted octanol–water partition coefficient (Wildman–Crippen LogP) is 2.59. The Morgan fingerprint density at radius 2 is 1.84 bits per heavy atom. The molecule has 2 N–H and O–H groups in total. The number of carbonyl (C=O) groups is 2. The fourth-order valence-electron chi connectivity index (χ4n) is 6.92. The summed E-state index contributed by atoms with van der Waals surface area (Å²) in [6.45, 7) is 6.06. The molecule has 4 rings (SSSR count). The maximum Gasteiger partial charge on any atom is 0.187 e. The van der Waals surface area contributed by atoms with Gasteiger partial charge in [-0.15, -0.1) is 0 Å². The largest absolute Gasteiger partial charge is 0.393 e. The van der Waals surface area contributed by atoms with Crippen LogP contribution in [0.2, 0.25) is 0 Å². The molecule has 0 bridgehead atoms. The van der Waals surface area contributed by atoms with Crippen LogP contribution in [0, 0.1) is 28.6 Å². The van der Waals surface area contributed by atoms with Gasteiger partial charge in [-0.2, -0.15) is 0 Å². The Labute approximate surface area is 149 Å². The molecule has 3 fully saturated rings. The van der Waals surface area contributed by atoms with E-state index in [-0.39, 0.29) is 34.7 Å². The van der Waals surface area contributed by atoms with Crippen LogP contribution in [0.4, 0.5) is 0 Å². The van der Waals surface area contributed by atoms with E-state index in [0.717, 1.165) is 24.8 Å². The van der Waals surface area contributed by atoms with Gasteiger partial charge in [-0.25, -0.2) is 0 Å². The minimum Gasteiger partial charge on any atom is -0.393 e. The molecule has 0 amide bonds. The van der Waals surface area contributed by atoms with E-state index in [1.54, 1.807) is 6.08 Å². The van der Waals surface area contributed by atoms with E-state index in [9.17, 15) is 19.8 Å². The lowest BCUT2D eigenvalue weighted by Crippen LogP contribution is -2.57. The average molecular weight is 344 g/mol. The standard InChI is InChI=1S/C21H28O4/c1-4-14-18(24)19(25)17-13-6-5-11-9-12(22)7-8-20(11,2)16(13)15(23)10-21(14,17)3/h4,9,13,15-17,19,23,25H,5-8,10H2,1-3H3/b14-4+/t13-,15-,16-,17-,19+,20+,21-/m1/s1. The number of Topliss-reactive ketones (excluding diaryl/α,β-unsaturated/α-hetero) is 1. The first kappa shape index (κ1) is 17.2. The van der Waals surface area contributed by atoms with E-state index in [1.807, 2.05) is 19.9 Å². The van der Waals surface area contributed by atoms with Crippen LogP contribution < -0.4 is 0 Å². The fraction of sp³-hybridized carbons (Fsp3) is 0.714. The van der Waals surface area contributed by atoms with E-state index >= 15 is 0 Å². The zero-order valence-electron chi connectivity index (χ0n) is 15.3. The van der Waals surface area contributed by atoms with E-state index in [2.05, 4.69) is 6.92 Å². The normalized spacial score (nSPS) is 51.0. The van der Waals surface area contributed by atoms with Gasteiger partial charge in [-0.1, -0.05) is 25.5 Å². The zero-order chi connectivity index (χ0) is 18.1. The monoisotopic (exact) mass is 344 g/mol. The van der Waals surface area contributed by atoms with Crippen LogP contribution in [0.3, 0.4) is 0 Å². The van der Waals surface area contributed by atoms with Crippen molar-refractivity contribution in [2.75, 3.05) is 0 Å². The molecule has 0 aromatic carbocycles. The highest BCUT2D eigenvalue weighted by Crippen LogP contribution is 2.65. The first-order valence-corrected chi connectivity index (χ1v) is 9.55. The topological polar surface area (TPSA) is 74.6 Å². The SMILES string of the molecule is C/C=C1\C(=O)[C@@H](O)[C@H]2[C@@H]3CCC4=CC(=O)CC[C@]4(C)[C@H]3[C@H](O)C[C@]12C. The van der Waals surface area contributed by atoms with Crippen molar-refractivity contribution in [3.05, 3.63) is 23.3 Å². The van der Waals surface area contributed by atoms with E-state index in [4.69, 9.17) is 0 Å². The molecule has 4 aliphatic rings. The molecule has 4 heteroatoms. The highest BCUT2D eigenvalue weighted by atomic mass is 16.3. The molecule has 0 saturated heterocycles. The van der Waals surface area contributed by atoms with Crippen molar-refractivity contribution in [1.82, 2.24) is 0 Å². The third-order valence-electron chi connectivity index (χ3n) is 7.93. The van der Waals surface area contributed by atoms with Crippen LogP contribution in [0.5, 0.6) is 0 Å². The second-order valence-electron chi connectivity index (χ2n) is 9.01. The molecule has 7 atom stereocenters. The van der Waals surface area contributed by atoms with Gasteiger partial charge >= 0.3 is 0 Å². The van der Waals surface area contributed by atoms with E-state index < -0.39 is 17.6 Å². The number of fused-ring (bicyclic) bond motifs is 5. The summed E-state index contributed by atoms with van der Waals surface area (Å²) in [6, 6.07) is 0. The molecule has 0 aliphatic heterocycles. The van der Waals surface area contributed by atoms with Gasteiger partial charge in [-0.3, -0.25) is 9.59 Å². The minimum absolute atomic E-state index is 0.0114. The Morgan fingerprint density at radius 1 is 1.12 bits per heavy atom. The van der Waals surface area contributed by atoms with Crippen molar-refractivity contribution in [2.45, 2.75) is 65.1 Å². The van der Waals surface area contributed by atoms with Gasteiger partial charge in [-0.05, 0) is 55.9 Å². The van der Waals surface area contributed by atoms with Gasteiger partial charge in [0.1, 0.15) is 6.10 Å². The molecule has 136 valence electrons. The molecule has 0 radical (unpaired) electrons. The van der Waals surface area contributed by atoms with Crippen molar-refractivity contribution in [2.24, 2.45) is 28.6 Å². The summed E-state index contributed by atoms with van der Waals surface area (Å²) in [6.07, 6.45) is 5.61. The first-order valence-electron chi connectivity index (χ1n) is 9.55. The van der Waals surface area contributed by atoms with Gasteiger partial charge in [0.25, 0.3) is 0 Å². The molecule has 0 heterocycles. The van der Waals surface area contributed by atoms with Crippen LogP contribution in [0.25, 0.3) is 0 Å². The number of aliphatic hydroxyl groups excluding tert-OH is 2. The third kappa shape index (κ3) is 2.07. The van der Waals surface area contributed by atoms with Gasteiger partial charge in [0.15, 0.2) is 11.6 Å². The summed E-state index contributed by atoms with van der Waals surface area (Å²) in [5.41, 5.74) is 1.21. The Hall–Kier alpha value is -1.26. The van der Waals surface area contributed by atoms with Crippen LogP contribution in [0.1, 0.15) is 52.9 Å². The predicted molar refractivity (Wildman–Crippen MR) is 93.6 cm³/mol. The quantitative estimate of drug-likeness (QED) is 0.663. The van der Waals surface area contributed by atoms with Crippen molar-refractivity contribution in [1.29, 1.82) is 0 Å². The molecule has 3 saturated carbocycles. The van der Waals surface area contributed by atoms with Gasteiger partial charge < -0.3 is 10.2 Å². The number of aliphatic hydroxyl groups is 2. The van der Waals surface area contributed by atoms with E-state index in [1.165, 1.54) is 0 Å². The number of hydrogen-bond acceptors (Lipinski definition) is 4. The Balaban J connectivity index is 1.81. The van der Waals surface area contributed by atoms with Gasteiger partial charge in [0.05, 0.1) is 6.10 Å². The second-order valence-corrected chi connectivity index (χ2v) is 9.01. The van der Waals surface area contributed by atoms with Crippen LogP contribution in [-0.2, 0) is 9.59 Å². The lowest BCUT2D eigenvalue weighted by molar-refractivity contribution is -0.141.